The van der Waals surface area contributed by atoms with Gasteiger partial charge < -0.3 is 10.6 Å². The number of hydrogen-bond acceptors (Lipinski definition) is 3. The monoisotopic (exact) mass is 322 g/mol. The largest absolute Gasteiger partial charge is 0.352 e. The highest BCUT2D eigenvalue weighted by Gasteiger charge is 2.17. The molecule has 116 valence electrons. The molecule has 0 bridgehead atoms. The SMILES string of the molecule is CC(Cn1cccn1)NC(=O)CC1CCNCC1.Cl.Cl. The predicted octanol–water partition coefficient (Wildman–Crippen LogP) is 1.62. The van der Waals surface area contributed by atoms with E-state index in [0.29, 0.717) is 12.3 Å². The van der Waals surface area contributed by atoms with E-state index in [0.717, 1.165) is 32.5 Å². The minimum Gasteiger partial charge on any atom is -0.352 e. The van der Waals surface area contributed by atoms with Crippen LogP contribution >= 0.6 is 24.8 Å². The predicted molar refractivity (Wildman–Crippen MR) is 84.5 cm³/mol. The van der Waals surface area contributed by atoms with E-state index in [1.165, 1.54) is 0 Å². The second-order valence-electron chi connectivity index (χ2n) is 5.09. The van der Waals surface area contributed by atoms with Crippen molar-refractivity contribution in [1.82, 2.24) is 20.4 Å². The van der Waals surface area contributed by atoms with Crippen LogP contribution in [0.25, 0.3) is 0 Å². The minimum atomic E-state index is 0. The van der Waals surface area contributed by atoms with E-state index in [4.69, 9.17) is 0 Å². The van der Waals surface area contributed by atoms with Gasteiger partial charge in [-0.05, 0) is 44.8 Å². The Morgan fingerprint density at radius 1 is 1.45 bits per heavy atom. The zero-order chi connectivity index (χ0) is 12.8. The van der Waals surface area contributed by atoms with Crippen LogP contribution in [0.15, 0.2) is 18.5 Å². The third kappa shape index (κ3) is 6.59. The average molecular weight is 323 g/mol. The lowest BCUT2D eigenvalue weighted by atomic mass is 9.94. The highest BCUT2D eigenvalue weighted by Crippen LogP contribution is 2.15. The van der Waals surface area contributed by atoms with Crippen LogP contribution in [0.3, 0.4) is 0 Å². The van der Waals surface area contributed by atoms with Crippen molar-refractivity contribution < 1.29 is 4.79 Å². The molecule has 1 aromatic heterocycles. The van der Waals surface area contributed by atoms with Gasteiger partial charge in [0.25, 0.3) is 0 Å². The molecular weight excluding hydrogens is 299 g/mol. The van der Waals surface area contributed by atoms with Gasteiger partial charge in [0.05, 0.1) is 6.54 Å². The summed E-state index contributed by atoms with van der Waals surface area (Å²) in [6.07, 6.45) is 6.55. The first-order valence-corrected chi connectivity index (χ1v) is 6.71. The van der Waals surface area contributed by atoms with Crippen molar-refractivity contribution in [2.24, 2.45) is 5.92 Å². The van der Waals surface area contributed by atoms with Crippen LogP contribution in [0.5, 0.6) is 0 Å². The number of aromatic nitrogens is 2. The summed E-state index contributed by atoms with van der Waals surface area (Å²) < 4.78 is 1.84. The van der Waals surface area contributed by atoms with Crippen LogP contribution in [0.2, 0.25) is 0 Å². The molecule has 1 atom stereocenters. The number of nitrogens with one attached hydrogen (secondary N) is 2. The van der Waals surface area contributed by atoms with E-state index in [1.54, 1.807) is 6.20 Å². The summed E-state index contributed by atoms with van der Waals surface area (Å²) in [4.78, 5) is 11.9. The Morgan fingerprint density at radius 2 is 2.15 bits per heavy atom. The molecule has 5 nitrogen and oxygen atoms in total. The molecule has 1 aliphatic heterocycles. The molecule has 0 aromatic carbocycles. The Kier molecular flexibility index (Phi) is 9.63. The quantitative estimate of drug-likeness (QED) is 0.866. The number of amides is 1. The highest BCUT2D eigenvalue weighted by atomic mass is 35.5. The number of halogens is 2. The summed E-state index contributed by atoms with van der Waals surface area (Å²) in [5.74, 6) is 0.713. The Labute approximate surface area is 132 Å². The van der Waals surface area contributed by atoms with Crippen LogP contribution in [0, 0.1) is 5.92 Å². The van der Waals surface area contributed by atoms with Crippen LogP contribution in [-0.4, -0.2) is 34.8 Å². The maximum atomic E-state index is 11.9. The van der Waals surface area contributed by atoms with E-state index in [-0.39, 0.29) is 36.8 Å². The lowest BCUT2D eigenvalue weighted by molar-refractivity contribution is -0.122. The summed E-state index contributed by atoms with van der Waals surface area (Å²) >= 11 is 0. The van der Waals surface area contributed by atoms with Crippen LogP contribution in [0.4, 0.5) is 0 Å². The van der Waals surface area contributed by atoms with Gasteiger partial charge >= 0.3 is 0 Å². The van der Waals surface area contributed by atoms with E-state index >= 15 is 0 Å². The molecule has 2 N–H and O–H groups in total. The van der Waals surface area contributed by atoms with Crippen molar-refractivity contribution in [3.63, 3.8) is 0 Å². The summed E-state index contributed by atoms with van der Waals surface area (Å²) in [5, 5.41) is 10.5. The summed E-state index contributed by atoms with van der Waals surface area (Å²) in [7, 11) is 0. The van der Waals surface area contributed by atoms with Gasteiger partial charge in [-0.15, -0.1) is 24.8 Å². The molecule has 1 aromatic rings. The maximum Gasteiger partial charge on any atom is 0.220 e. The van der Waals surface area contributed by atoms with Gasteiger partial charge in [-0.1, -0.05) is 0 Å². The fourth-order valence-corrected chi connectivity index (χ4v) is 2.42. The van der Waals surface area contributed by atoms with E-state index < -0.39 is 0 Å². The minimum absolute atomic E-state index is 0. The molecule has 20 heavy (non-hydrogen) atoms. The molecule has 2 rings (SSSR count). The second-order valence-corrected chi connectivity index (χ2v) is 5.09. The lowest BCUT2D eigenvalue weighted by Crippen LogP contribution is -2.38. The van der Waals surface area contributed by atoms with Gasteiger partial charge in [-0.2, -0.15) is 5.10 Å². The molecule has 7 heteroatoms. The number of piperidine rings is 1. The molecule has 2 heterocycles. The van der Waals surface area contributed by atoms with Crippen molar-refractivity contribution in [3.8, 4) is 0 Å². The molecule has 0 aliphatic carbocycles. The summed E-state index contributed by atoms with van der Waals surface area (Å²) in [6, 6.07) is 2.02. The lowest BCUT2D eigenvalue weighted by Gasteiger charge is -2.23. The third-order valence-corrected chi connectivity index (χ3v) is 3.36. The van der Waals surface area contributed by atoms with E-state index in [9.17, 15) is 4.79 Å². The van der Waals surface area contributed by atoms with Gasteiger partial charge in [0, 0.05) is 24.9 Å². The van der Waals surface area contributed by atoms with Crippen molar-refractivity contribution in [2.75, 3.05) is 13.1 Å². The van der Waals surface area contributed by atoms with Crippen molar-refractivity contribution >= 4 is 30.7 Å². The summed E-state index contributed by atoms with van der Waals surface area (Å²) in [6.45, 7) is 4.83. The number of hydrogen-bond donors (Lipinski definition) is 2. The molecule has 1 unspecified atom stereocenters. The number of rotatable bonds is 5. The molecule has 1 saturated heterocycles. The molecular formula is C13H24Cl2N4O. The van der Waals surface area contributed by atoms with E-state index in [1.807, 2.05) is 23.9 Å². The van der Waals surface area contributed by atoms with Crippen LogP contribution in [0.1, 0.15) is 26.2 Å². The Bertz CT molecular complexity index is 366. The van der Waals surface area contributed by atoms with Gasteiger partial charge in [-0.25, -0.2) is 0 Å². The smallest absolute Gasteiger partial charge is 0.220 e. The molecule has 0 radical (unpaired) electrons. The zero-order valence-electron chi connectivity index (χ0n) is 11.7. The van der Waals surface area contributed by atoms with Gasteiger partial charge in [0.15, 0.2) is 0 Å². The Hall–Kier alpha value is -0.780. The first kappa shape index (κ1) is 19.2. The molecule has 0 spiro atoms. The van der Waals surface area contributed by atoms with Crippen LogP contribution < -0.4 is 10.6 Å². The number of carbonyl (C=O) groups excluding carboxylic acids is 1. The van der Waals surface area contributed by atoms with Gasteiger partial charge in [0.1, 0.15) is 0 Å². The average Bonchev–Trinajstić information content (AvgIpc) is 2.82. The fourth-order valence-electron chi connectivity index (χ4n) is 2.42. The Balaban J connectivity index is 0.00000180. The molecule has 1 aliphatic rings. The molecule has 0 saturated carbocycles. The maximum absolute atomic E-state index is 11.9. The Morgan fingerprint density at radius 3 is 2.75 bits per heavy atom. The fraction of sp³-hybridized carbons (Fsp3) is 0.692. The molecule has 1 fully saturated rings. The number of nitrogens with zero attached hydrogens (tertiary/aromatic N) is 2. The van der Waals surface area contributed by atoms with Crippen LogP contribution in [-0.2, 0) is 11.3 Å². The second kappa shape index (κ2) is 10.0. The molecule has 1 amide bonds. The normalized spacial score (nSPS) is 16.6. The first-order valence-electron chi connectivity index (χ1n) is 6.71. The van der Waals surface area contributed by atoms with Crippen molar-refractivity contribution in [1.29, 1.82) is 0 Å². The van der Waals surface area contributed by atoms with Crippen molar-refractivity contribution in [3.05, 3.63) is 18.5 Å². The highest BCUT2D eigenvalue weighted by molar-refractivity contribution is 5.85. The van der Waals surface area contributed by atoms with E-state index in [2.05, 4.69) is 15.7 Å². The zero-order valence-corrected chi connectivity index (χ0v) is 13.4. The first-order chi connectivity index (χ1) is 8.74. The standard InChI is InChI=1S/C13H22N4O.2ClH/c1-11(10-17-8-2-5-15-17)16-13(18)9-12-3-6-14-7-4-12;;/h2,5,8,11-12,14H,3-4,6-7,9-10H2,1H3,(H,16,18);2*1H. The summed E-state index contributed by atoms with van der Waals surface area (Å²) in [5.41, 5.74) is 0. The van der Waals surface area contributed by atoms with Gasteiger partial charge in [0.2, 0.25) is 5.91 Å². The van der Waals surface area contributed by atoms with Crippen molar-refractivity contribution in [2.45, 2.75) is 38.8 Å². The van der Waals surface area contributed by atoms with Gasteiger partial charge in [-0.3, -0.25) is 9.48 Å². The topological polar surface area (TPSA) is 59.0 Å². The number of carbonyl (C=O) groups is 1. The third-order valence-electron chi connectivity index (χ3n) is 3.36.